The molecule has 2 rings (SSSR count). The Balaban J connectivity index is 2.06. The molecule has 0 aliphatic heterocycles. The van der Waals surface area contributed by atoms with Gasteiger partial charge in [-0.25, -0.2) is 4.79 Å². The Hall–Kier alpha value is -2.39. The average molecular weight is 301 g/mol. The van der Waals surface area contributed by atoms with Crippen LogP contribution < -0.4 is 0 Å². The van der Waals surface area contributed by atoms with Gasteiger partial charge in [-0.15, -0.1) is 0 Å². The molecule has 0 fully saturated rings. The summed E-state index contributed by atoms with van der Waals surface area (Å²) in [6.07, 6.45) is 2.85. The van der Waals surface area contributed by atoms with E-state index >= 15 is 0 Å². The topological polar surface area (TPSA) is 54.4 Å². The number of hydrogen-bond acceptors (Lipinski definition) is 2. The summed E-state index contributed by atoms with van der Waals surface area (Å²) in [5.41, 5.74) is 2.23. The number of aliphatic carboxylic acids is 1. The second-order valence-corrected chi connectivity index (χ2v) is 4.96. The first-order valence-electron chi connectivity index (χ1n) is 6.33. The molecule has 0 saturated carbocycles. The van der Waals surface area contributed by atoms with E-state index < -0.39 is 5.97 Å². The lowest BCUT2D eigenvalue weighted by molar-refractivity contribution is -0.131. The first kappa shape index (κ1) is 15.0. The third-order valence-corrected chi connectivity index (χ3v) is 3.18. The van der Waals surface area contributed by atoms with E-state index in [1.54, 1.807) is 36.4 Å². The van der Waals surface area contributed by atoms with Crippen molar-refractivity contribution in [2.45, 2.75) is 6.42 Å². The molecule has 0 bridgehead atoms. The third kappa shape index (κ3) is 4.58. The Morgan fingerprint density at radius 1 is 1.00 bits per heavy atom. The highest BCUT2D eigenvalue weighted by Crippen LogP contribution is 2.13. The molecule has 0 amide bonds. The molecule has 0 unspecified atom stereocenters. The first-order chi connectivity index (χ1) is 10.0. The van der Waals surface area contributed by atoms with Crippen molar-refractivity contribution in [1.29, 1.82) is 0 Å². The highest BCUT2D eigenvalue weighted by Gasteiger charge is 2.06. The molecule has 2 aromatic rings. The van der Waals surface area contributed by atoms with Crippen molar-refractivity contribution in [3.8, 4) is 0 Å². The van der Waals surface area contributed by atoms with E-state index in [1.165, 1.54) is 6.08 Å². The summed E-state index contributed by atoms with van der Waals surface area (Å²) in [6, 6.07) is 14.0. The van der Waals surface area contributed by atoms with Gasteiger partial charge >= 0.3 is 5.97 Å². The number of halogens is 1. The van der Waals surface area contributed by atoms with E-state index in [2.05, 4.69) is 0 Å². The van der Waals surface area contributed by atoms with E-state index in [9.17, 15) is 9.59 Å². The van der Waals surface area contributed by atoms with Gasteiger partial charge in [-0.2, -0.15) is 0 Å². The van der Waals surface area contributed by atoms with E-state index in [0.717, 1.165) is 17.2 Å². The number of rotatable bonds is 5. The fraction of sp³-hybridized carbons (Fsp3) is 0.0588. The smallest absolute Gasteiger partial charge is 0.328 e. The van der Waals surface area contributed by atoms with Crippen LogP contribution in [0.2, 0.25) is 5.02 Å². The molecule has 1 N–H and O–H groups in total. The van der Waals surface area contributed by atoms with Crippen molar-refractivity contribution >= 4 is 29.4 Å². The number of carboxylic acids is 1. The molecule has 0 radical (unpaired) electrons. The number of benzene rings is 2. The normalized spacial score (nSPS) is 10.7. The van der Waals surface area contributed by atoms with Crippen LogP contribution in [-0.2, 0) is 11.2 Å². The van der Waals surface area contributed by atoms with Crippen LogP contribution in [0.4, 0.5) is 0 Å². The number of carbonyl (C=O) groups excluding carboxylic acids is 1. The summed E-state index contributed by atoms with van der Waals surface area (Å²) < 4.78 is 0. The van der Waals surface area contributed by atoms with Crippen LogP contribution >= 0.6 is 11.6 Å². The second kappa shape index (κ2) is 6.86. The van der Waals surface area contributed by atoms with Crippen molar-refractivity contribution in [2.75, 3.05) is 0 Å². The zero-order valence-electron chi connectivity index (χ0n) is 11.1. The van der Waals surface area contributed by atoms with Gasteiger partial charge in [-0.3, -0.25) is 4.79 Å². The van der Waals surface area contributed by atoms with Crippen LogP contribution in [0.15, 0.2) is 54.6 Å². The summed E-state index contributed by atoms with van der Waals surface area (Å²) in [7, 11) is 0. The van der Waals surface area contributed by atoms with Gasteiger partial charge in [0.2, 0.25) is 0 Å². The highest BCUT2D eigenvalue weighted by molar-refractivity contribution is 6.30. The molecule has 0 spiro atoms. The van der Waals surface area contributed by atoms with E-state index in [-0.39, 0.29) is 5.78 Å². The minimum absolute atomic E-state index is 0.00564. The van der Waals surface area contributed by atoms with Gasteiger partial charge in [0.05, 0.1) is 0 Å². The fourth-order valence-corrected chi connectivity index (χ4v) is 1.96. The summed E-state index contributed by atoms with van der Waals surface area (Å²) >= 11 is 5.80. The van der Waals surface area contributed by atoms with Crippen LogP contribution in [0, 0.1) is 0 Å². The molecular weight excluding hydrogens is 288 g/mol. The van der Waals surface area contributed by atoms with Gasteiger partial charge in [-0.05, 0) is 29.3 Å². The van der Waals surface area contributed by atoms with Gasteiger partial charge in [0, 0.05) is 23.1 Å². The standard InChI is InChI=1S/C17H13ClO3/c18-15-8-3-13(4-9-15)11-16(19)14-6-1-12(2-7-14)5-10-17(20)21/h1-10H,11H2,(H,20,21)/b10-5+. The molecular formula is C17H13ClO3. The minimum Gasteiger partial charge on any atom is -0.478 e. The van der Waals surface area contributed by atoms with Crippen molar-refractivity contribution < 1.29 is 14.7 Å². The molecule has 2 aromatic carbocycles. The second-order valence-electron chi connectivity index (χ2n) is 4.52. The molecule has 0 aliphatic rings. The number of Topliss-reactive ketones (excluding diaryl/α,β-unsaturated/α-hetero) is 1. The molecule has 106 valence electrons. The molecule has 21 heavy (non-hydrogen) atoms. The maximum absolute atomic E-state index is 12.1. The summed E-state index contributed by atoms with van der Waals surface area (Å²) in [4.78, 5) is 22.6. The number of carbonyl (C=O) groups is 2. The van der Waals surface area contributed by atoms with Crippen LogP contribution in [-0.4, -0.2) is 16.9 Å². The molecule has 0 aromatic heterocycles. The molecule has 4 heteroatoms. The predicted molar refractivity (Wildman–Crippen MR) is 82.6 cm³/mol. The predicted octanol–water partition coefficient (Wildman–Crippen LogP) is 3.86. The lowest BCUT2D eigenvalue weighted by atomic mass is 10.0. The maximum Gasteiger partial charge on any atom is 0.328 e. The van der Waals surface area contributed by atoms with Crippen LogP contribution in [0.5, 0.6) is 0 Å². The van der Waals surface area contributed by atoms with E-state index in [0.29, 0.717) is 17.0 Å². The van der Waals surface area contributed by atoms with Crippen LogP contribution in [0.3, 0.4) is 0 Å². The monoisotopic (exact) mass is 300 g/mol. The third-order valence-electron chi connectivity index (χ3n) is 2.93. The lowest BCUT2D eigenvalue weighted by Crippen LogP contribution is -2.03. The molecule has 3 nitrogen and oxygen atoms in total. The Morgan fingerprint density at radius 3 is 2.19 bits per heavy atom. The number of ketones is 1. The Bertz CT molecular complexity index is 670. The summed E-state index contributed by atoms with van der Waals surface area (Å²) in [5, 5.41) is 9.19. The van der Waals surface area contributed by atoms with Crippen molar-refractivity contribution in [1.82, 2.24) is 0 Å². The van der Waals surface area contributed by atoms with E-state index in [4.69, 9.17) is 16.7 Å². The minimum atomic E-state index is -1.00. The lowest BCUT2D eigenvalue weighted by Gasteiger charge is -2.02. The zero-order chi connectivity index (χ0) is 15.2. The largest absolute Gasteiger partial charge is 0.478 e. The van der Waals surface area contributed by atoms with Crippen molar-refractivity contribution in [3.05, 3.63) is 76.3 Å². The van der Waals surface area contributed by atoms with Gasteiger partial charge in [0.1, 0.15) is 0 Å². The zero-order valence-corrected chi connectivity index (χ0v) is 11.9. The highest BCUT2D eigenvalue weighted by atomic mass is 35.5. The SMILES string of the molecule is O=C(O)/C=C/c1ccc(C(=O)Cc2ccc(Cl)cc2)cc1. The molecule has 0 aliphatic carbocycles. The van der Waals surface area contributed by atoms with Gasteiger partial charge in [0.15, 0.2) is 5.78 Å². The van der Waals surface area contributed by atoms with Gasteiger partial charge < -0.3 is 5.11 Å². The van der Waals surface area contributed by atoms with Crippen molar-refractivity contribution in [3.63, 3.8) is 0 Å². The fourth-order valence-electron chi connectivity index (χ4n) is 1.84. The number of carboxylic acid groups (broad SMARTS) is 1. The van der Waals surface area contributed by atoms with Gasteiger partial charge in [-0.1, -0.05) is 48.0 Å². The summed E-state index contributed by atoms with van der Waals surface area (Å²) in [5.74, 6) is -0.996. The quantitative estimate of drug-likeness (QED) is 0.674. The molecule has 0 saturated heterocycles. The molecule has 0 heterocycles. The van der Waals surface area contributed by atoms with Crippen LogP contribution in [0.25, 0.3) is 6.08 Å². The van der Waals surface area contributed by atoms with Gasteiger partial charge in [0.25, 0.3) is 0 Å². The summed E-state index contributed by atoms with van der Waals surface area (Å²) in [6.45, 7) is 0. The maximum atomic E-state index is 12.1. The van der Waals surface area contributed by atoms with E-state index in [1.807, 2.05) is 12.1 Å². The average Bonchev–Trinajstić information content (AvgIpc) is 2.48. The van der Waals surface area contributed by atoms with Crippen LogP contribution in [0.1, 0.15) is 21.5 Å². The first-order valence-corrected chi connectivity index (χ1v) is 6.71. The Morgan fingerprint density at radius 2 is 1.62 bits per heavy atom. The Kier molecular flexibility index (Phi) is 4.90. The van der Waals surface area contributed by atoms with Crippen molar-refractivity contribution in [2.24, 2.45) is 0 Å². The molecule has 0 atom stereocenters. The number of hydrogen-bond donors (Lipinski definition) is 1. The Labute approximate surface area is 127 Å².